The van der Waals surface area contributed by atoms with E-state index in [0.717, 1.165) is 43.5 Å². The van der Waals surface area contributed by atoms with Gasteiger partial charge < -0.3 is 19.9 Å². The molecule has 37 heavy (non-hydrogen) atoms. The maximum atomic E-state index is 13.3. The minimum Gasteiger partial charge on any atom is -0.491 e. The first-order valence-corrected chi connectivity index (χ1v) is 12.5. The minimum atomic E-state index is -0.318. The molecule has 8 heteroatoms. The van der Waals surface area contributed by atoms with Crippen LogP contribution in [0.25, 0.3) is 0 Å². The highest BCUT2D eigenvalue weighted by molar-refractivity contribution is 5.37. The van der Waals surface area contributed by atoms with Crippen LogP contribution in [0.4, 0.5) is 4.39 Å². The van der Waals surface area contributed by atoms with Crippen LogP contribution < -0.4 is 10.1 Å². The van der Waals surface area contributed by atoms with Crippen molar-refractivity contribution in [2.75, 3.05) is 13.1 Å². The first-order valence-electron chi connectivity index (χ1n) is 12.5. The van der Waals surface area contributed by atoms with E-state index in [1.54, 1.807) is 6.20 Å². The second-order valence-corrected chi connectivity index (χ2v) is 10.3. The molecule has 2 N–H and O–H groups in total. The number of piperidine rings is 1. The zero-order valence-electron chi connectivity index (χ0n) is 21.7. The van der Waals surface area contributed by atoms with Crippen LogP contribution in [0.3, 0.4) is 0 Å². The summed E-state index contributed by atoms with van der Waals surface area (Å²) in [5, 5.41) is 13.8. The molecule has 4 rings (SSSR count). The second kappa shape index (κ2) is 13.1. The van der Waals surface area contributed by atoms with Gasteiger partial charge in [-0.15, -0.1) is 0 Å². The molecule has 2 heterocycles. The fourth-order valence-electron chi connectivity index (χ4n) is 4.21. The number of aromatic nitrogens is 2. The molecular formula is C29H36FN3O4. The van der Waals surface area contributed by atoms with Gasteiger partial charge in [-0.05, 0) is 81.8 Å². The third kappa shape index (κ3) is 9.46. The van der Waals surface area contributed by atoms with Gasteiger partial charge in [0.15, 0.2) is 5.75 Å². The van der Waals surface area contributed by atoms with Gasteiger partial charge >= 0.3 is 0 Å². The number of rotatable bonds is 8. The van der Waals surface area contributed by atoms with E-state index in [4.69, 9.17) is 4.74 Å². The Balaban J connectivity index is 0.000000479. The van der Waals surface area contributed by atoms with Gasteiger partial charge in [-0.25, -0.2) is 9.37 Å². The van der Waals surface area contributed by atoms with Gasteiger partial charge in [0, 0.05) is 6.42 Å². The van der Waals surface area contributed by atoms with Gasteiger partial charge in [0.1, 0.15) is 23.8 Å². The summed E-state index contributed by atoms with van der Waals surface area (Å²) in [4.78, 5) is 18.4. The molecule has 0 aliphatic carbocycles. The Bertz CT molecular complexity index is 1110. The summed E-state index contributed by atoms with van der Waals surface area (Å²) >= 11 is 0. The van der Waals surface area contributed by atoms with Crippen LogP contribution in [0.5, 0.6) is 11.6 Å². The maximum absolute atomic E-state index is 13.3. The van der Waals surface area contributed by atoms with Crippen LogP contribution in [0.15, 0.2) is 60.8 Å². The van der Waals surface area contributed by atoms with Crippen molar-refractivity contribution in [3.63, 3.8) is 0 Å². The molecule has 0 radical (unpaired) electrons. The second-order valence-electron chi connectivity index (χ2n) is 10.3. The summed E-state index contributed by atoms with van der Waals surface area (Å²) in [5.74, 6) is 0.517. The van der Waals surface area contributed by atoms with Crippen LogP contribution >= 0.6 is 0 Å². The predicted octanol–water partition coefficient (Wildman–Crippen LogP) is 5.01. The quantitative estimate of drug-likeness (QED) is 0.412. The number of nitrogens with one attached hydrogen (secondary N) is 1. The molecule has 0 atom stereocenters. The zero-order chi connectivity index (χ0) is 26.7. The molecular weight excluding hydrogens is 473 g/mol. The number of nitrogens with zero attached hydrogens (tertiary/aromatic N) is 2. The number of hydrogen-bond acceptors (Lipinski definition) is 7. The van der Waals surface area contributed by atoms with Crippen molar-refractivity contribution >= 4 is 6.47 Å². The summed E-state index contributed by atoms with van der Waals surface area (Å²) in [6, 6.07) is 16.5. The molecule has 1 fully saturated rings. The molecule has 1 aliphatic heterocycles. The fourth-order valence-corrected chi connectivity index (χ4v) is 4.21. The summed E-state index contributed by atoms with van der Waals surface area (Å²) in [7, 11) is 0. The summed E-state index contributed by atoms with van der Waals surface area (Å²) in [5.41, 5.74) is 1.77. The highest BCUT2D eigenvalue weighted by Crippen LogP contribution is 2.37. The lowest BCUT2D eigenvalue weighted by Crippen LogP contribution is -2.40. The molecule has 0 saturated carbocycles. The van der Waals surface area contributed by atoms with E-state index in [1.165, 1.54) is 12.1 Å². The minimum absolute atomic E-state index is 0.0259. The molecule has 1 saturated heterocycles. The van der Waals surface area contributed by atoms with Crippen molar-refractivity contribution in [1.82, 2.24) is 15.3 Å². The zero-order valence-corrected chi connectivity index (χ0v) is 21.7. The Labute approximate surface area is 218 Å². The molecule has 1 aromatic heterocycles. The van der Waals surface area contributed by atoms with E-state index in [2.05, 4.69) is 20.0 Å². The Morgan fingerprint density at radius 3 is 2.27 bits per heavy atom. The first kappa shape index (κ1) is 28.1. The summed E-state index contributed by atoms with van der Waals surface area (Å²) in [6.45, 7) is 8.11. The number of halogens is 1. The number of hydrogen-bond donors (Lipinski definition) is 2. The summed E-state index contributed by atoms with van der Waals surface area (Å²) in [6.07, 6.45) is 4.97. The first-order chi connectivity index (χ1) is 17.7. The third-order valence-electron chi connectivity index (χ3n) is 6.11. The van der Waals surface area contributed by atoms with E-state index >= 15 is 0 Å². The highest BCUT2D eigenvalue weighted by atomic mass is 19.1. The van der Waals surface area contributed by atoms with Crippen molar-refractivity contribution in [1.29, 1.82) is 0 Å². The maximum Gasteiger partial charge on any atom is 0.293 e. The largest absolute Gasteiger partial charge is 0.491 e. The van der Waals surface area contributed by atoms with E-state index in [-0.39, 0.29) is 28.5 Å². The van der Waals surface area contributed by atoms with E-state index in [0.29, 0.717) is 25.3 Å². The molecule has 7 nitrogen and oxygen atoms in total. The van der Waals surface area contributed by atoms with Crippen molar-refractivity contribution < 1.29 is 23.8 Å². The third-order valence-corrected chi connectivity index (χ3v) is 6.11. The van der Waals surface area contributed by atoms with Gasteiger partial charge in [0.2, 0.25) is 0 Å². The van der Waals surface area contributed by atoms with Gasteiger partial charge in [-0.1, -0.05) is 42.5 Å². The van der Waals surface area contributed by atoms with Crippen molar-refractivity contribution in [3.8, 4) is 11.6 Å². The summed E-state index contributed by atoms with van der Waals surface area (Å²) < 4.78 is 23.5. The van der Waals surface area contributed by atoms with E-state index in [9.17, 15) is 14.3 Å². The topological polar surface area (TPSA) is 93.6 Å². The molecule has 0 amide bonds. The number of carbonyl (C=O) groups excluding carboxylic acids is 1. The lowest BCUT2D eigenvalue weighted by atomic mass is 9.71. The lowest BCUT2D eigenvalue weighted by molar-refractivity contribution is -0.138. The molecule has 198 valence electrons. The molecule has 0 spiro atoms. The molecule has 0 unspecified atom stereocenters. The Kier molecular flexibility index (Phi) is 9.97. The van der Waals surface area contributed by atoms with Crippen molar-refractivity contribution in [3.05, 3.63) is 83.6 Å². The SMILES string of the molecule is CC(C)(C)OC=O.Oc1nc(CC2(Cc3ccc(F)cc3)CCNCC2)ncc1OCc1ccccc1. The van der Waals surface area contributed by atoms with Crippen LogP contribution in [0.2, 0.25) is 0 Å². The van der Waals surface area contributed by atoms with Crippen LogP contribution in [-0.2, 0) is 29.0 Å². The number of ether oxygens (including phenoxy) is 2. The smallest absolute Gasteiger partial charge is 0.293 e. The van der Waals surface area contributed by atoms with Gasteiger partial charge in [0.05, 0.1) is 6.20 Å². The van der Waals surface area contributed by atoms with Crippen LogP contribution in [-0.4, -0.2) is 40.2 Å². The van der Waals surface area contributed by atoms with Gasteiger partial charge in [-0.2, -0.15) is 4.98 Å². The molecule has 3 aromatic rings. The Hall–Kier alpha value is -3.52. The van der Waals surface area contributed by atoms with Crippen molar-refractivity contribution in [2.45, 2.75) is 58.7 Å². The average Bonchev–Trinajstić information content (AvgIpc) is 2.86. The highest BCUT2D eigenvalue weighted by Gasteiger charge is 2.33. The normalized spacial score (nSPS) is 14.7. The lowest BCUT2D eigenvalue weighted by Gasteiger charge is -2.37. The van der Waals surface area contributed by atoms with Gasteiger partial charge in [0.25, 0.3) is 12.4 Å². The standard InChI is InChI=1S/C24H26FN3O2.C5H10O2/c25-20-8-6-18(7-9-20)14-24(10-12-26-13-11-24)15-22-27-16-21(23(29)28-22)30-17-19-4-2-1-3-5-19;1-5(2,3)7-4-6/h1-9,16,26H,10-15,17H2,(H,27,28,29);4H,1-3H3. The van der Waals surface area contributed by atoms with Crippen molar-refractivity contribution in [2.24, 2.45) is 5.41 Å². The van der Waals surface area contributed by atoms with Crippen LogP contribution in [0.1, 0.15) is 50.6 Å². The Morgan fingerprint density at radius 2 is 1.70 bits per heavy atom. The van der Waals surface area contributed by atoms with Gasteiger partial charge in [-0.3, -0.25) is 4.79 Å². The Morgan fingerprint density at radius 1 is 1.03 bits per heavy atom. The number of carbonyl (C=O) groups is 1. The average molecular weight is 510 g/mol. The molecule has 0 bridgehead atoms. The van der Waals surface area contributed by atoms with E-state index in [1.807, 2.05) is 63.2 Å². The fraction of sp³-hybridized carbons (Fsp3) is 0.414. The predicted molar refractivity (Wildman–Crippen MR) is 140 cm³/mol. The molecule has 1 aliphatic rings. The number of benzene rings is 2. The number of aromatic hydroxyl groups is 1. The van der Waals surface area contributed by atoms with E-state index < -0.39 is 0 Å². The molecule has 2 aromatic carbocycles. The monoisotopic (exact) mass is 509 g/mol. The van der Waals surface area contributed by atoms with Crippen LogP contribution in [0, 0.1) is 11.2 Å².